The molecule has 0 aromatic heterocycles. The summed E-state index contributed by atoms with van der Waals surface area (Å²) in [4.78, 5) is 23.7. The maximum absolute atomic E-state index is 11.9. The van der Waals surface area contributed by atoms with E-state index in [4.69, 9.17) is 12.2 Å². The van der Waals surface area contributed by atoms with Gasteiger partial charge in [0, 0.05) is 11.1 Å². The van der Waals surface area contributed by atoms with Crippen LogP contribution < -0.4 is 16.2 Å². The summed E-state index contributed by atoms with van der Waals surface area (Å²) >= 11 is 4.86. The van der Waals surface area contributed by atoms with E-state index in [1.165, 1.54) is 0 Å². The third kappa shape index (κ3) is 4.11. The molecule has 0 radical (unpaired) electrons. The molecule has 0 saturated heterocycles. The second-order valence-corrected chi connectivity index (χ2v) is 5.00. The molecule has 0 saturated carbocycles. The average Bonchev–Trinajstić information content (AvgIpc) is 2.57. The Bertz CT molecular complexity index is 772. The zero-order valence-corrected chi connectivity index (χ0v) is 12.9. The van der Waals surface area contributed by atoms with Gasteiger partial charge in [-0.05, 0) is 36.5 Å². The highest BCUT2D eigenvalue weighted by molar-refractivity contribution is 7.80. The number of hydrazine groups is 1. The number of nitrogens with one attached hydrogen (secondary N) is 3. The van der Waals surface area contributed by atoms with Crippen LogP contribution in [0.2, 0.25) is 0 Å². The van der Waals surface area contributed by atoms with Gasteiger partial charge in [-0.15, -0.1) is 0 Å². The Morgan fingerprint density at radius 3 is 2.00 bits per heavy atom. The molecular weight excluding hydrogens is 334 g/mol. The number of carbonyl (C=O) groups is 2. The summed E-state index contributed by atoms with van der Waals surface area (Å²) < 4.78 is 0. The highest BCUT2D eigenvalue weighted by Gasteiger charge is 2.14. The number of benzene rings is 2. The van der Waals surface area contributed by atoms with E-state index in [1.807, 2.05) is 0 Å². The van der Waals surface area contributed by atoms with Crippen molar-refractivity contribution >= 4 is 29.1 Å². The number of phenols is 3. The van der Waals surface area contributed by atoms with Crippen molar-refractivity contribution in [1.29, 1.82) is 0 Å². The van der Waals surface area contributed by atoms with Crippen molar-refractivity contribution in [3.8, 4) is 17.2 Å². The number of phenolic OH excluding ortho intramolecular Hbond substituents is 3. The van der Waals surface area contributed by atoms with Gasteiger partial charge in [-0.1, -0.05) is 18.2 Å². The van der Waals surface area contributed by atoms with E-state index < -0.39 is 29.1 Å². The van der Waals surface area contributed by atoms with Crippen molar-refractivity contribution in [3.63, 3.8) is 0 Å². The molecule has 0 heterocycles. The summed E-state index contributed by atoms with van der Waals surface area (Å²) in [6.45, 7) is 0. The van der Waals surface area contributed by atoms with Crippen molar-refractivity contribution in [2.45, 2.75) is 0 Å². The zero-order valence-electron chi connectivity index (χ0n) is 12.1. The Balaban J connectivity index is 1.93. The number of rotatable bonds is 2. The molecule has 0 aliphatic rings. The number of hydrogen-bond donors (Lipinski definition) is 6. The molecule has 0 spiro atoms. The van der Waals surface area contributed by atoms with E-state index in [1.54, 1.807) is 30.3 Å². The van der Waals surface area contributed by atoms with Crippen LogP contribution in [-0.2, 0) is 0 Å². The summed E-state index contributed by atoms with van der Waals surface area (Å²) in [5.74, 6) is -3.26. The van der Waals surface area contributed by atoms with Gasteiger partial charge < -0.3 is 15.3 Å². The van der Waals surface area contributed by atoms with E-state index in [0.717, 1.165) is 12.1 Å². The average molecular weight is 347 g/mol. The maximum atomic E-state index is 11.9. The van der Waals surface area contributed by atoms with Gasteiger partial charge in [0.1, 0.15) is 0 Å². The highest BCUT2D eigenvalue weighted by Crippen LogP contribution is 2.35. The molecule has 8 nitrogen and oxygen atoms in total. The molecular formula is C15H13N3O5S. The molecule has 0 bridgehead atoms. The fraction of sp³-hybridized carbons (Fsp3) is 0. The molecule has 0 aliphatic carbocycles. The Kier molecular flexibility index (Phi) is 5.17. The zero-order chi connectivity index (χ0) is 17.7. The minimum Gasteiger partial charge on any atom is -0.504 e. The largest absolute Gasteiger partial charge is 0.504 e. The monoisotopic (exact) mass is 347 g/mol. The van der Waals surface area contributed by atoms with Crippen molar-refractivity contribution in [2.75, 3.05) is 0 Å². The van der Waals surface area contributed by atoms with Gasteiger partial charge in [-0.2, -0.15) is 0 Å². The molecule has 6 N–H and O–H groups in total. The van der Waals surface area contributed by atoms with E-state index in [0.29, 0.717) is 5.56 Å². The first-order valence-corrected chi connectivity index (χ1v) is 7.01. The van der Waals surface area contributed by atoms with Crippen LogP contribution in [0.4, 0.5) is 0 Å². The molecule has 2 aromatic rings. The third-order valence-electron chi connectivity index (χ3n) is 2.88. The van der Waals surface area contributed by atoms with Crippen molar-refractivity contribution in [1.82, 2.24) is 16.2 Å². The van der Waals surface area contributed by atoms with Crippen molar-refractivity contribution in [2.24, 2.45) is 0 Å². The molecule has 9 heteroatoms. The maximum Gasteiger partial charge on any atom is 0.269 e. The number of hydrogen-bond acceptors (Lipinski definition) is 6. The lowest BCUT2D eigenvalue weighted by Gasteiger charge is -2.11. The summed E-state index contributed by atoms with van der Waals surface area (Å²) in [5.41, 5.74) is 4.91. The lowest BCUT2D eigenvalue weighted by atomic mass is 10.1. The highest BCUT2D eigenvalue weighted by atomic mass is 32.1. The summed E-state index contributed by atoms with van der Waals surface area (Å²) in [5, 5.41) is 30.0. The molecule has 0 fully saturated rings. The van der Waals surface area contributed by atoms with Gasteiger partial charge >= 0.3 is 0 Å². The number of carbonyl (C=O) groups excluding carboxylic acids is 2. The van der Waals surface area contributed by atoms with Crippen LogP contribution in [0.15, 0.2) is 42.5 Å². The van der Waals surface area contributed by atoms with Gasteiger partial charge in [0.2, 0.25) is 0 Å². The Labute approximate surface area is 141 Å². The molecule has 2 aromatic carbocycles. The number of thiocarbonyl (C=S) groups is 1. The molecule has 2 rings (SSSR count). The standard InChI is InChI=1S/C15H13N3O5S/c19-10-6-9(7-11(20)12(10)21)13(22)16-15(24)18-17-14(23)8-4-2-1-3-5-8/h1-7,19-21H,(H,17,23)(H2,16,18,22,24). The SMILES string of the molecule is O=C(NNC(=S)NC(=O)c1cc(O)c(O)c(O)c1)c1ccccc1. The Morgan fingerprint density at radius 1 is 0.833 bits per heavy atom. The van der Waals surface area contributed by atoms with E-state index in [9.17, 15) is 24.9 Å². The van der Waals surface area contributed by atoms with Crippen molar-refractivity contribution < 1.29 is 24.9 Å². The van der Waals surface area contributed by atoms with Gasteiger partial charge in [0.15, 0.2) is 22.4 Å². The molecule has 24 heavy (non-hydrogen) atoms. The second kappa shape index (κ2) is 7.29. The molecule has 0 atom stereocenters. The summed E-state index contributed by atoms with van der Waals surface area (Å²) in [6, 6.07) is 10.3. The van der Waals surface area contributed by atoms with Crippen LogP contribution >= 0.6 is 12.2 Å². The lowest BCUT2D eigenvalue weighted by molar-refractivity contribution is 0.0934. The van der Waals surface area contributed by atoms with Gasteiger partial charge in [0.25, 0.3) is 11.8 Å². The topological polar surface area (TPSA) is 131 Å². The van der Waals surface area contributed by atoms with Crippen LogP contribution in [0.5, 0.6) is 17.2 Å². The smallest absolute Gasteiger partial charge is 0.269 e. The quantitative estimate of drug-likeness (QED) is 0.268. The van der Waals surface area contributed by atoms with Gasteiger partial charge in [-0.3, -0.25) is 25.8 Å². The summed E-state index contributed by atoms with van der Waals surface area (Å²) in [6.07, 6.45) is 0. The number of aromatic hydroxyl groups is 3. The first-order chi connectivity index (χ1) is 11.4. The van der Waals surface area contributed by atoms with E-state index in [-0.39, 0.29) is 10.7 Å². The van der Waals surface area contributed by atoms with E-state index >= 15 is 0 Å². The van der Waals surface area contributed by atoms with Crippen LogP contribution in [0.3, 0.4) is 0 Å². The van der Waals surface area contributed by atoms with Gasteiger partial charge in [0.05, 0.1) is 0 Å². The fourth-order valence-corrected chi connectivity index (χ4v) is 1.86. The first kappa shape index (κ1) is 17.0. The van der Waals surface area contributed by atoms with Crippen LogP contribution in [0.1, 0.15) is 20.7 Å². The van der Waals surface area contributed by atoms with Gasteiger partial charge in [-0.25, -0.2) is 0 Å². The Hall–Kier alpha value is -3.33. The predicted octanol–water partition coefficient (Wildman–Crippen LogP) is 0.753. The van der Waals surface area contributed by atoms with Crippen molar-refractivity contribution in [3.05, 3.63) is 53.6 Å². The Morgan fingerprint density at radius 2 is 1.42 bits per heavy atom. The van der Waals surface area contributed by atoms with E-state index in [2.05, 4.69) is 16.2 Å². The third-order valence-corrected chi connectivity index (χ3v) is 3.09. The first-order valence-electron chi connectivity index (χ1n) is 6.60. The summed E-state index contributed by atoms with van der Waals surface area (Å²) in [7, 11) is 0. The van der Waals surface area contributed by atoms with Crippen LogP contribution in [0.25, 0.3) is 0 Å². The van der Waals surface area contributed by atoms with Crippen LogP contribution in [0, 0.1) is 0 Å². The second-order valence-electron chi connectivity index (χ2n) is 4.59. The minimum absolute atomic E-state index is 0.138. The number of amides is 2. The molecule has 124 valence electrons. The minimum atomic E-state index is -0.757. The predicted molar refractivity (Wildman–Crippen MR) is 88.5 cm³/mol. The lowest BCUT2D eigenvalue weighted by Crippen LogP contribution is -2.48. The molecule has 0 unspecified atom stereocenters. The molecule has 0 aliphatic heterocycles. The normalized spacial score (nSPS) is 9.83. The van der Waals surface area contributed by atoms with Crippen LogP contribution in [-0.4, -0.2) is 32.2 Å². The fourth-order valence-electron chi connectivity index (χ4n) is 1.72. The molecule has 2 amide bonds.